The molecule has 2 saturated heterocycles. The lowest BCUT2D eigenvalue weighted by atomic mass is 9.85. The van der Waals surface area contributed by atoms with Crippen LogP contribution in [0.3, 0.4) is 0 Å². The van der Waals surface area contributed by atoms with Gasteiger partial charge in [0, 0.05) is 53.2 Å². The molecular formula is C53H59N9O7S2. The van der Waals surface area contributed by atoms with E-state index >= 15 is 0 Å². The number of nitrogens with one attached hydrogen (secondary N) is 2. The van der Waals surface area contributed by atoms with Crippen molar-refractivity contribution in [1.82, 2.24) is 35.3 Å². The number of aliphatic hydroxyl groups is 1. The fourth-order valence-corrected chi connectivity index (χ4v) is 11.7. The van der Waals surface area contributed by atoms with Crippen molar-refractivity contribution in [2.75, 3.05) is 24.5 Å². The first-order chi connectivity index (χ1) is 33.8. The maximum absolute atomic E-state index is 14.3. The number of β-amino-alcohol motifs (C(OH)–C–C–N with tert-alkyl or cyclic N) is 1. The molecule has 1 unspecified atom stereocenters. The molecule has 0 bridgehead atoms. The van der Waals surface area contributed by atoms with Gasteiger partial charge >= 0.3 is 5.97 Å². The van der Waals surface area contributed by atoms with Crippen LogP contribution in [0, 0.1) is 33.1 Å². The normalized spacial score (nSPS) is 19.6. The number of amides is 3. The van der Waals surface area contributed by atoms with Gasteiger partial charge in [0.1, 0.15) is 40.8 Å². The van der Waals surface area contributed by atoms with E-state index in [0.29, 0.717) is 29.5 Å². The molecule has 3 aliphatic heterocycles. The topological polar surface area (TPSA) is 204 Å². The monoisotopic (exact) mass is 997 g/mol. The largest absolute Gasteiger partial charge is 0.489 e. The number of rotatable bonds is 13. The number of carbonyl (C=O) groups is 4. The number of aliphatic carboxylic acids is 1. The van der Waals surface area contributed by atoms with Crippen molar-refractivity contribution in [1.29, 1.82) is 0 Å². The summed E-state index contributed by atoms with van der Waals surface area (Å²) >= 11 is 3.20. The van der Waals surface area contributed by atoms with Crippen molar-refractivity contribution >= 4 is 57.8 Å². The Morgan fingerprint density at radius 2 is 1.61 bits per heavy atom. The Kier molecular flexibility index (Phi) is 13.7. The third kappa shape index (κ3) is 10.1. The summed E-state index contributed by atoms with van der Waals surface area (Å²) in [6.07, 6.45) is -0.347. The maximum atomic E-state index is 14.3. The second kappa shape index (κ2) is 19.8. The minimum atomic E-state index is -0.993. The Labute approximate surface area is 420 Å². The summed E-state index contributed by atoms with van der Waals surface area (Å²) < 4.78 is 8.37. The van der Waals surface area contributed by atoms with Gasteiger partial charge in [-0.25, -0.2) is 4.98 Å². The molecule has 3 aliphatic rings. The molecule has 18 heteroatoms. The first-order valence-electron chi connectivity index (χ1n) is 23.9. The summed E-state index contributed by atoms with van der Waals surface area (Å²) in [5.74, 6) is -0.413. The minimum Gasteiger partial charge on any atom is -0.489 e. The minimum absolute atomic E-state index is 0.0272. The molecule has 71 heavy (non-hydrogen) atoms. The second-order valence-corrected chi connectivity index (χ2v) is 21.9. The number of nitrogens with zero attached hydrogens (tertiary/aromatic N) is 7. The Morgan fingerprint density at radius 1 is 0.901 bits per heavy atom. The average molecular weight is 998 g/mol. The molecule has 370 valence electrons. The third-order valence-electron chi connectivity index (χ3n) is 13.7. The number of ether oxygens (including phenoxy) is 1. The van der Waals surface area contributed by atoms with Crippen LogP contribution < -0.4 is 20.3 Å². The van der Waals surface area contributed by atoms with E-state index in [2.05, 4.69) is 56.7 Å². The highest BCUT2D eigenvalue weighted by Gasteiger charge is 2.45. The number of carbonyl (C=O) groups excluding carboxylic acids is 3. The number of aliphatic imine (C=N–C) groups is 1. The van der Waals surface area contributed by atoms with Gasteiger partial charge in [-0.05, 0) is 93.1 Å². The van der Waals surface area contributed by atoms with E-state index in [1.807, 2.05) is 88.0 Å². The van der Waals surface area contributed by atoms with Crippen molar-refractivity contribution in [3.8, 4) is 21.2 Å². The van der Waals surface area contributed by atoms with Crippen LogP contribution in [-0.4, -0.2) is 108 Å². The van der Waals surface area contributed by atoms with Crippen LogP contribution in [0.1, 0.15) is 114 Å². The number of carboxylic acids is 1. The average Bonchev–Trinajstić information content (AvgIpc) is 4.18. The van der Waals surface area contributed by atoms with Crippen LogP contribution in [0.2, 0.25) is 0 Å². The van der Waals surface area contributed by atoms with E-state index in [0.717, 1.165) is 72.6 Å². The van der Waals surface area contributed by atoms with Gasteiger partial charge in [-0.3, -0.25) is 28.7 Å². The van der Waals surface area contributed by atoms with E-state index in [-0.39, 0.29) is 37.4 Å². The third-order valence-corrected chi connectivity index (χ3v) is 15.9. The summed E-state index contributed by atoms with van der Waals surface area (Å²) in [5, 5.41) is 36.2. The molecule has 6 heterocycles. The van der Waals surface area contributed by atoms with Gasteiger partial charge < -0.3 is 35.4 Å². The standard InChI is InChI=1S/C53H59N9O7S2/c1-28-31(4)71-52-44(28)45(56-41(24-43(64)65)48-59-58-32(5)62(48)52)34-13-17-37(18-14-34)60-22-21-40(26-60)69-39-19-15-36(16-20-39)49(66)57-47(53(6,7)8)51(68)61-25-38(63)23-42(61)50(67)55-29(2)33-9-11-35(12-10-33)46-30(3)54-27-70-46/h9-20,27,29,38,40-42,47,63H,21-26H2,1-8H3,(H,55,67)(H,57,66)(H,64,65)/t29-,38+,40?,41-,42-,47+/m0/s1. The van der Waals surface area contributed by atoms with E-state index < -0.39 is 47.4 Å². The summed E-state index contributed by atoms with van der Waals surface area (Å²) in [7, 11) is 0. The lowest BCUT2D eigenvalue weighted by Crippen LogP contribution is -2.57. The zero-order valence-electron chi connectivity index (χ0n) is 41.1. The van der Waals surface area contributed by atoms with E-state index in [1.54, 1.807) is 46.9 Å². The number of hydrogen-bond donors (Lipinski definition) is 4. The van der Waals surface area contributed by atoms with Crippen LogP contribution in [0.4, 0.5) is 5.69 Å². The zero-order chi connectivity index (χ0) is 50.5. The highest BCUT2D eigenvalue weighted by Crippen LogP contribution is 2.40. The fraction of sp³-hybridized carbons (Fsp3) is 0.396. The van der Waals surface area contributed by atoms with Gasteiger partial charge in [0.15, 0.2) is 5.82 Å². The first-order valence-corrected chi connectivity index (χ1v) is 25.6. The van der Waals surface area contributed by atoms with Crippen LogP contribution in [-0.2, 0) is 14.4 Å². The van der Waals surface area contributed by atoms with E-state index in [4.69, 9.17) is 9.73 Å². The maximum Gasteiger partial charge on any atom is 0.306 e. The molecule has 0 spiro atoms. The molecule has 9 rings (SSSR count). The molecule has 0 radical (unpaired) electrons. The fourth-order valence-electron chi connectivity index (χ4n) is 9.69. The number of fused-ring (bicyclic) bond motifs is 3. The first kappa shape index (κ1) is 49.2. The number of carboxylic acid groups (broad SMARTS) is 1. The predicted octanol–water partition coefficient (Wildman–Crippen LogP) is 7.69. The summed E-state index contributed by atoms with van der Waals surface area (Å²) in [6.45, 7) is 16.8. The molecule has 2 fully saturated rings. The molecule has 6 aromatic rings. The van der Waals surface area contributed by atoms with Gasteiger partial charge in [-0.2, -0.15) is 0 Å². The number of thiazole rings is 1. The summed E-state index contributed by atoms with van der Waals surface area (Å²) in [4.78, 5) is 69.2. The highest BCUT2D eigenvalue weighted by atomic mass is 32.1. The molecule has 3 aromatic carbocycles. The molecule has 0 aliphatic carbocycles. The van der Waals surface area contributed by atoms with Crippen molar-refractivity contribution in [3.63, 3.8) is 0 Å². The lowest BCUT2D eigenvalue weighted by molar-refractivity contribution is -0.142. The van der Waals surface area contributed by atoms with Crippen molar-refractivity contribution < 1.29 is 34.1 Å². The Hall–Kier alpha value is -6.76. The number of aliphatic hydroxyl groups excluding tert-OH is 1. The van der Waals surface area contributed by atoms with E-state index in [9.17, 15) is 29.4 Å². The van der Waals surface area contributed by atoms with Crippen LogP contribution >= 0.6 is 22.7 Å². The lowest BCUT2D eigenvalue weighted by Gasteiger charge is -2.35. The Balaban J connectivity index is 0.818. The number of aromatic nitrogens is 4. The van der Waals surface area contributed by atoms with Crippen molar-refractivity contribution in [2.45, 2.75) is 111 Å². The van der Waals surface area contributed by atoms with E-state index in [1.165, 1.54) is 4.90 Å². The molecule has 4 N–H and O–H groups in total. The smallest absolute Gasteiger partial charge is 0.306 e. The second-order valence-electron chi connectivity index (χ2n) is 19.8. The van der Waals surface area contributed by atoms with Crippen LogP contribution in [0.15, 0.2) is 83.3 Å². The molecule has 0 saturated carbocycles. The number of aryl methyl sites for hydroxylation is 3. The zero-order valence-corrected chi connectivity index (χ0v) is 42.7. The van der Waals surface area contributed by atoms with Crippen LogP contribution in [0.5, 0.6) is 5.75 Å². The Bertz CT molecular complexity index is 3010. The van der Waals surface area contributed by atoms with Crippen molar-refractivity contribution in [3.05, 3.63) is 128 Å². The quantitative estimate of drug-likeness (QED) is 0.0883. The van der Waals surface area contributed by atoms with Gasteiger partial charge in [0.05, 0.1) is 46.9 Å². The molecule has 3 aromatic heterocycles. The van der Waals surface area contributed by atoms with Gasteiger partial charge in [-0.1, -0.05) is 57.2 Å². The van der Waals surface area contributed by atoms with Crippen molar-refractivity contribution in [2.24, 2.45) is 10.4 Å². The molecule has 16 nitrogen and oxygen atoms in total. The number of likely N-dealkylation sites (tertiary alicyclic amines) is 1. The molecule has 6 atom stereocenters. The number of benzene rings is 3. The summed E-state index contributed by atoms with van der Waals surface area (Å²) in [5.41, 5.74) is 9.02. The molecule has 3 amide bonds. The van der Waals surface area contributed by atoms with Gasteiger partial charge in [0.25, 0.3) is 5.91 Å². The highest BCUT2D eigenvalue weighted by molar-refractivity contribution is 7.15. The SMILES string of the molecule is Cc1ncsc1-c1ccc([C@H](C)NC(=O)[C@@H]2C[C@@H](O)CN2C(=O)[C@@H](NC(=O)c2ccc(OC3CCN(c4ccc(C5=N[C@@H](CC(=O)O)c6nnc(C)n6-c6sc(C)c(C)c65)cc4)C3)cc2)C(C)(C)C)cc1. The Morgan fingerprint density at radius 3 is 2.27 bits per heavy atom. The summed E-state index contributed by atoms with van der Waals surface area (Å²) in [6, 6.07) is 20.0. The number of thiophene rings is 1. The van der Waals surface area contributed by atoms with Gasteiger partial charge in [-0.15, -0.1) is 32.9 Å². The van der Waals surface area contributed by atoms with Crippen LogP contribution in [0.25, 0.3) is 15.4 Å². The molecular weight excluding hydrogens is 939 g/mol. The number of hydrogen-bond acceptors (Lipinski definition) is 13. The predicted molar refractivity (Wildman–Crippen MR) is 274 cm³/mol. The number of anilines is 1. The van der Waals surface area contributed by atoms with Gasteiger partial charge in [0.2, 0.25) is 11.8 Å².